The Morgan fingerprint density at radius 2 is 1.93 bits per heavy atom. The molecule has 2 unspecified atom stereocenters. The maximum Gasteiger partial charge on any atom is 0.234 e. The molecule has 0 saturated heterocycles. The van der Waals surface area contributed by atoms with E-state index in [1.54, 1.807) is 0 Å². The first-order chi connectivity index (χ1) is 7.16. The quantitative estimate of drug-likeness (QED) is 0.764. The first kappa shape index (κ1) is 11.7. The maximum atomic E-state index is 11.1. The Morgan fingerprint density at radius 1 is 1.33 bits per heavy atom. The van der Waals surface area contributed by atoms with Crippen LogP contribution < -0.4 is 11.5 Å². The van der Waals surface area contributed by atoms with E-state index in [2.05, 4.69) is 6.92 Å². The van der Waals surface area contributed by atoms with Crippen LogP contribution in [0.15, 0.2) is 30.3 Å². The van der Waals surface area contributed by atoms with Crippen molar-refractivity contribution >= 4 is 5.91 Å². The van der Waals surface area contributed by atoms with Crippen molar-refractivity contribution in [3.63, 3.8) is 0 Å². The Labute approximate surface area is 90.5 Å². The van der Waals surface area contributed by atoms with Gasteiger partial charge < -0.3 is 11.5 Å². The highest BCUT2D eigenvalue weighted by atomic mass is 16.1. The van der Waals surface area contributed by atoms with Crippen LogP contribution in [0, 0.1) is 0 Å². The summed E-state index contributed by atoms with van der Waals surface area (Å²) in [6, 6.07) is 9.23. The zero-order chi connectivity index (χ0) is 11.3. The number of hydrogen-bond donors (Lipinski definition) is 2. The van der Waals surface area contributed by atoms with Gasteiger partial charge in [0.1, 0.15) is 0 Å². The van der Waals surface area contributed by atoms with Crippen LogP contribution in [0.3, 0.4) is 0 Å². The van der Waals surface area contributed by atoms with Crippen LogP contribution in [0.25, 0.3) is 0 Å². The van der Waals surface area contributed by atoms with Gasteiger partial charge in [0.25, 0.3) is 0 Å². The number of rotatable bonds is 5. The van der Waals surface area contributed by atoms with Gasteiger partial charge >= 0.3 is 0 Å². The third-order valence-electron chi connectivity index (χ3n) is 2.59. The average Bonchev–Trinajstić information content (AvgIpc) is 2.26. The molecule has 4 N–H and O–H groups in total. The van der Waals surface area contributed by atoms with Crippen molar-refractivity contribution in [2.45, 2.75) is 31.7 Å². The van der Waals surface area contributed by atoms with Gasteiger partial charge in [-0.15, -0.1) is 0 Å². The normalized spacial score (nSPS) is 14.5. The summed E-state index contributed by atoms with van der Waals surface area (Å²) in [5.74, 6) is -0.397. The molecule has 1 aromatic carbocycles. The molecule has 3 nitrogen and oxygen atoms in total. The average molecular weight is 206 g/mol. The molecule has 1 aromatic rings. The van der Waals surface area contributed by atoms with Gasteiger partial charge in [-0.05, 0) is 12.0 Å². The van der Waals surface area contributed by atoms with Crippen LogP contribution in [0.4, 0.5) is 0 Å². The number of hydrogen-bond acceptors (Lipinski definition) is 2. The minimum Gasteiger partial charge on any atom is -0.368 e. The van der Waals surface area contributed by atoms with Crippen molar-refractivity contribution in [1.29, 1.82) is 0 Å². The third-order valence-corrected chi connectivity index (χ3v) is 2.59. The topological polar surface area (TPSA) is 69.1 Å². The van der Waals surface area contributed by atoms with Gasteiger partial charge in [0.05, 0.1) is 6.04 Å². The molecular weight excluding hydrogens is 188 g/mol. The molecule has 15 heavy (non-hydrogen) atoms. The molecule has 82 valence electrons. The van der Waals surface area contributed by atoms with Crippen molar-refractivity contribution in [1.82, 2.24) is 0 Å². The van der Waals surface area contributed by atoms with E-state index in [0.717, 1.165) is 18.4 Å². The Hall–Kier alpha value is -1.35. The number of nitrogens with two attached hydrogens (primary N) is 2. The standard InChI is InChI=1S/C12H18N2O/c1-2-6-10(11(13)12(14)15)9-7-4-3-5-8-9/h3-5,7-8,10-11H,2,6,13H2,1H3,(H2,14,15). The Kier molecular flexibility index (Phi) is 4.31. The number of carbonyl (C=O) groups excluding carboxylic acids is 1. The number of carbonyl (C=O) groups is 1. The SMILES string of the molecule is CCCC(c1ccccc1)C(N)C(N)=O. The first-order valence-corrected chi connectivity index (χ1v) is 5.26. The van der Waals surface area contributed by atoms with E-state index in [-0.39, 0.29) is 5.92 Å². The van der Waals surface area contributed by atoms with Gasteiger partial charge in [0.2, 0.25) is 5.91 Å². The van der Waals surface area contributed by atoms with Gasteiger partial charge in [-0.2, -0.15) is 0 Å². The maximum absolute atomic E-state index is 11.1. The fourth-order valence-electron chi connectivity index (χ4n) is 1.76. The van der Waals surface area contributed by atoms with E-state index in [1.165, 1.54) is 0 Å². The molecule has 1 rings (SSSR count). The third kappa shape index (κ3) is 3.06. The predicted molar refractivity (Wildman–Crippen MR) is 61.3 cm³/mol. The van der Waals surface area contributed by atoms with E-state index >= 15 is 0 Å². The van der Waals surface area contributed by atoms with Gasteiger partial charge in [-0.3, -0.25) is 4.79 Å². The number of benzene rings is 1. The van der Waals surface area contributed by atoms with E-state index < -0.39 is 11.9 Å². The fourth-order valence-corrected chi connectivity index (χ4v) is 1.76. The van der Waals surface area contributed by atoms with Crippen LogP contribution in [0.5, 0.6) is 0 Å². The second-order valence-corrected chi connectivity index (χ2v) is 3.73. The van der Waals surface area contributed by atoms with E-state index in [4.69, 9.17) is 11.5 Å². The van der Waals surface area contributed by atoms with Crippen molar-refractivity contribution < 1.29 is 4.79 Å². The summed E-state index contributed by atoms with van der Waals surface area (Å²) in [5.41, 5.74) is 12.1. The molecule has 0 spiro atoms. The minimum absolute atomic E-state index is 0.0358. The van der Waals surface area contributed by atoms with E-state index in [1.807, 2.05) is 30.3 Å². The first-order valence-electron chi connectivity index (χ1n) is 5.26. The summed E-state index contributed by atoms with van der Waals surface area (Å²) in [6.45, 7) is 2.07. The van der Waals surface area contributed by atoms with Gasteiger partial charge in [-0.25, -0.2) is 0 Å². The minimum atomic E-state index is -0.590. The molecule has 0 fully saturated rings. The molecule has 1 amide bonds. The highest BCUT2D eigenvalue weighted by molar-refractivity contribution is 5.80. The summed E-state index contributed by atoms with van der Waals surface area (Å²) < 4.78 is 0. The molecular formula is C12H18N2O. The lowest BCUT2D eigenvalue weighted by Crippen LogP contribution is -2.41. The smallest absolute Gasteiger partial charge is 0.234 e. The van der Waals surface area contributed by atoms with Gasteiger partial charge in [-0.1, -0.05) is 43.7 Å². The summed E-state index contributed by atoms with van der Waals surface area (Å²) in [5, 5.41) is 0. The largest absolute Gasteiger partial charge is 0.368 e. The van der Waals surface area contributed by atoms with Crippen molar-refractivity contribution in [2.24, 2.45) is 11.5 Å². The second kappa shape index (κ2) is 5.51. The molecule has 0 aliphatic rings. The molecule has 0 heterocycles. The lowest BCUT2D eigenvalue weighted by Gasteiger charge is -2.21. The van der Waals surface area contributed by atoms with Crippen LogP contribution in [0.1, 0.15) is 31.2 Å². The zero-order valence-electron chi connectivity index (χ0n) is 9.02. The molecule has 0 aromatic heterocycles. The highest BCUT2D eigenvalue weighted by Crippen LogP contribution is 2.23. The number of primary amides is 1. The Bertz CT molecular complexity index is 311. The molecule has 0 radical (unpaired) electrons. The fraction of sp³-hybridized carbons (Fsp3) is 0.417. The van der Waals surface area contributed by atoms with Crippen LogP contribution in [-0.2, 0) is 4.79 Å². The van der Waals surface area contributed by atoms with Crippen molar-refractivity contribution in [3.05, 3.63) is 35.9 Å². The van der Waals surface area contributed by atoms with Gasteiger partial charge in [0.15, 0.2) is 0 Å². The second-order valence-electron chi connectivity index (χ2n) is 3.73. The summed E-state index contributed by atoms with van der Waals surface area (Å²) >= 11 is 0. The lowest BCUT2D eigenvalue weighted by atomic mass is 9.88. The lowest BCUT2D eigenvalue weighted by molar-refractivity contribution is -0.119. The van der Waals surface area contributed by atoms with Crippen LogP contribution >= 0.6 is 0 Å². The van der Waals surface area contributed by atoms with Crippen LogP contribution in [-0.4, -0.2) is 11.9 Å². The molecule has 0 aliphatic heterocycles. The van der Waals surface area contributed by atoms with Crippen LogP contribution in [0.2, 0.25) is 0 Å². The molecule has 0 bridgehead atoms. The van der Waals surface area contributed by atoms with Crippen molar-refractivity contribution in [3.8, 4) is 0 Å². The molecule has 0 aliphatic carbocycles. The van der Waals surface area contributed by atoms with E-state index in [0.29, 0.717) is 0 Å². The Morgan fingerprint density at radius 3 is 2.40 bits per heavy atom. The zero-order valence-corrected chi connectivity index (χ0v) is 9.02. The summed E-state index contributed by atoms with van der Waals surface area (Å²) in [7, 11) is 0. The number of amides is 1. The summed E-state index contributed by atoms with van der Waals surface area (Å²) in [4.78, 5) is 11.1. The van der Waals surface area contributed by atoms with Gasteiger partial charge in [0, 0.05) is 5.92 Å². The Balaban J connectivity index is 2.87. The predicted octanol–water partition coefficient (Wildman–Crippen LogP) is 1.38. The van der Waals surface area contributed by atoms with Crippen molar-refractivity contribution in [2.75, 3.05) is 0 Å². The van der Waals surface area contributed by atoms with E-state index in [9.17, 15) is 4.79 Å². The monoisotopic (exact) mass is 206 g/mol. The summed E-state index contributed by atoms with van der Waals surface area (Å²) in [6.07, 6.45) is 1.87. The molecule has 0 saturated carbocycles. The highest BCUT2D eigenvalue weighted by Gasteiger charge is 2.22. The molecule has 3 heteroatoms. The molecule has 2 atom stereocenters.